The minimum Gasteiger partial charge on any atom is -0.227 e. The summed E-state index contributed by atoms with van der Waals surface area (Å²) in [6, 6.07) is 8.88. The van der Waals surface area contributed by atoms with Crippen LogP contribution >= 0.6 is 0 Å². The number of hydrogen-bond donors (Lipinski definition) is 0. The maximum Gasteiger partial charge on any atom is 0.262 e. The van der Waals surface area contributed by atoms with Crippen LogP contribution in [0, 0.1) is 30.2 Å². The molecule has 0 saturated carbocycles. The zero-order valence-electron chi connectivity index (χ0n) is 7.36. The fourth-order valence-electron chi connectivity index (χ4n) is 0.923. The van der Waals surface area contributed by atoms with Crippen LogP contribution in [-0.2, 0) is 0 Å². The summed E-state index contributed by atoms with van der Waals surface area (Å²) in [7, 11) is 0. The smallest absolute Gasteiger partial charge is 0.227 e. The number of nitriles is 1. The van der Waals surface area contributed by atoms with Gasteiger partial charge in [-0.05, 0) is 23.8 Å². The van der Waals surface area contributed by atoms with Gasteiger partial charge in [-0.1, -0.05) is 18.1 Å². The molecule has 0 aliphatic rings. The molecular weight excluding hydrogens is 172 g/mol. The summed E-state index contributed by atoms with van der Waals surface area (Å²) in [5.41, 5.74) is 1.65. The van der Waals surface area contributed by atoms with Gasteiger partial charge in [-0.25, -0.2) is 10.1 Å². The monoisotopic (exact) mass is 178 g/mol. The van der Waals surface area contributed by atoms with E-state index in [9.17, 15) is 0 Å². The van der Waals surface area contributed by atoms with Gasteiger partial charge in [0.05, 0.1) is 12.6 Å². The van der Waals surface area contributed by atoms with Crippen molar-refractivity contribution >= 4 is 6.08 Å². The van der Waals surface area contributed by atoms with E-state index in [-0.39, 0.29) is 5.70 Å². The molecule has 0 aliphatic carbocycles. The Morgan fingerprint density at radius 1 is 1.43 bits per heavy atom. The second-order valence-corrected chi connectivity index (χ2v) is 2.52. The number of terminal acetylenes is 1. The van der Waals surface area contributed by atoms with Crippen LogP contribution in [0.4, 0.5) is 0 Å². The Balaban J connectivity index is 3.03. The first-order chi connectivity index (χ1) is 6.80. The van der Waals surface area contributed by atoms with Crippen LogP contribution in [0.5, 0.6) is 0 Å². The van der Waals surface area contributed by atoms with Crippen molar-refractivity contribution in [3.05, 3.63) is 52.5 Å². The largest absolute Gasteiger partial charge is 0.262 e. The zero-order valence-corrected chi connectivity index (χ0v) is 7.36. The third-order valence-corrected chi connectivity index (χ3v) is 1.62. The van der Waals surface area contributed by atoms with Gasteiger partial charge in [0.1, 0.15) is 0 Å². The molecule has 0 amide bonds. The molecule has 0 aliphatic heterocycles. The van der Waals surface area contributed by atoms with Crippen LogP contribution in [-0.4, -0.2) is 0 Å². The molecule has 2 nitrogen and oxygen atoms in total. The molecule has 64 valence electrons. The lowest BCUT2D eigenvalue weighted by molar-refractivity contribution is 1.50. The van der Waals surface area contributed by atoms with E-state index in [2.05, 4.69) is 10.8 Å². The van der Waals surface area contributed by atoms with Crippen molar-refractivity contribution in [2.75, 3.05) is 0 Å². The predicted molar refractivity (Wildman–Crippen MR) is 54.6 cm³/mol. The van der Waals surface area contributed by atoms with E-state index in [1.807, 2.05) is 0 Å². The second kappa shape index (κ2) is 4.51. The lowest BCUT2D eigenvalue weighted by Crippen LogP contribution is -1.76. The molecule has 0 atom stereocenters. The van der Waals surface area contributed by atoms with E-state index >= 15 is 0 Å². The Bertz CT molecular complexity index is 457. The van der Waals surface area contributed by atoms with E-state index < -0.39 is 0 Å². The first kappa shape index (κ1) is 9.59. The highest BCUT2D eigenvalue weighted by molar-refractivity contribution is 5.59. The number of allylic oxidation sites excluding steroid dienone is 1. The summed E-state index contributed by atoms with van der Waals surface area (Å²) in [5, 5.41) is 8.52. The molecule has 14 heavy (non-hydrogen) atoms. The molecular formula is C12H6N2. The number of rotatable bonds is 1. The maximum absolute atomic E-state index is 8.52. The van der Waals surface area contributed by atoms with Crippen LogP contribution < -0.4 is 0 Å². The molecule has 0 spiro atoms. The molecule has 0 heterocycles. The van der Waals surface area contributed by atoms with Gasteiger partial charge in [-0.3, -0.25) is 0 Å². The minimum absolute atomic E-state index is 0.0680. The van der Waals surface area contributed by atoms with Crippen LogP contribution in [0.2, 0.25) is 0 Å². The minimum atomic E-state index is 0.0680. The SMILES string of the molecule is [C-]#[N+]/C(C#N)=C/c1ccc(C#C)cc1. The third kappa shape index (κ3) is 2.24. The Kier molecular flexibility index (Phi) is 3.09. The van der Waals surface area contributed by atoms with Crippen molar-refractivity contribution in [3.63, 3.8) is 0 Å². The van der Waals surface area contributed by atoms with Crippen LogP contribution in [0.25, 0.3) is 10.9 Å². The van der Waals surface area contributed by atoms with Gasteiger partial charge in [0.25, 0.3) is 5.70 Å². The van der Waals surface area contributed by atoms with Gasteiger partial charge in [0.2, 0.25) is 0 Å². The van der Waals surface area contributed by atoms with E-state index in [0.717, 1.165) is 11.1 Å². The first-order valence-corrected chi connectivity index (χ1v) is 3.86. The summed E-state index contributed by atoms with van der Waals surface area (Å²) in [5.74, 6) is 2.49. The van der Waals surface area contributed by atoms with Gasteiger partial charge in [-0.2, -0.15) is 0 Å². The Morgan fingerprint density at radius 3 is 2.50 bits per heavy atom. The summed E-state index contributed by atoms with van der Waals surface area (Å²) in [4.78, 5) is 3.05. The van der Waals surface area contributed by atoms with E-state index in [1.165, 1.54) is 6.08 Å². The summed E-state index contributed by atoms with van der Waals surface area (Å²) >= 11 is 0. The Hall–Kier alpha value is -2.50. The lowest BCUT2D eigenvalue weighted by Gasteiger charge is -1.93. The summed E-state index contributed by atoms with van der Waals surface area (Å²) in [6.45, 7) is 6.69. The average molecular weight is 178 g/mol. The van der Waals surface area contributed by atoms with Gasteiger partial charge in [0, 0.05) is 5.56 Å². The van der Waals surface area contributed by atoms with Crippen LogP contribution in [0.1, 0.15) is 11.1 Å². The lowest BCUT2D eigenvalue weighted by atomic mass is 10.1. The van der Waals surface area contributed by atoms with Gasteiger partial charge in [0.15, 0.2) is 0 Å². The first-order valence-electron chi connectivity index (χ1n) is 3.86. The Labute approximate surface area is 82.9 Å². The molecule has 1 rings (SSSR count). The highest BCUT2D eigenvalue weighted by Gasteiger charge is 1.93. The molecule has 2 heteroatoms. The van der Waals surface area contributed by atoms with Crippen LogP contribution in [0.15, 0.2) is 30.0 Å². The van der Waals surface area contributed by atoms with Crippen LogP contribution in [0.3, 0.4) is 0 Å². The molecule has 1 aromatic rings. The molecule has 0 fully saturated rings. The van der Waals surface area contributed by atoms with Crippen molar-refractivity contribution < 1.29 is 0 Å². The predicted octanol–water partition coefficient (Wildman–Crippen LogP) is 2.45. The molecule has 0 radical (unpaired) electrons. The summed E-state index contributed by atoms with van der Waals surface area (Å²) < 4.78 is 0. The van der Waals surface area contributed by atoms with E-state index in [0.29, 0.717) is 0 Å². The van der Waals surface area contributed by atoms with Crippen molar-refractivity contribution in [1.29, 1.82) is 5.26 Å². The molecule has 1 aromatic carbocycles. The second-order valence-electron chi connectivity index (χ2n) is 2.52. The third-order valence-electron chi connectivity index (χ3n) is 1.62. The number of nitrogens with zero attached hydrogens (tertiary/aromatic N) is 2. The molecule has 0 aromatic heterocycles. The Morgan fingerprint density at radius 2 is 2.07 bits per heavy atom. The summed E-state index contributed by atoms with van der Waals surface area (Å²) in [6.07, 6.45) is 6.71. The van der Waals surface area contributed by atoms with Crippen molar-refractivity contribution in [3.8, 4) is 18.4 Å². The van der Waals surface area contributed by atoms with Crippen molar-refractivity contribution in [2.45, 2.75) is 0 Å². The number of hydrogen-bond acceptors (Lipinski definition) is 1. The molecule has 0 N–H and O–H groups in total. The fourth-order valence-corrected chi connectivity index (χ4v) is 0.923. The highest BCUT2D eigenvalue weighted by atomic mass is 14.7. The van der Waals surface area contributed by atoms with Gasteiger partial charge < -0.3 is 0 Å². The van der Waals surface area contributed by atoms with Gasteiger partial charge >= 0.3 is 0 Å². The van der Waals surface area contributed by atoms with Gasteiger partial charge in [-0.15, -0.1) is 6.42 Å². The fraction of sp³-hybridized carbons (Fsp3) is 0. The van der Waals surface area contributed by atoms with Crippen molar-refractivity contribution in [1.82, 2.24) is 0 Å². The van der Waals surface area contributed by atoms with Crippen molar-refractivity contribution in [2.24, 2.45) is 0 Å². The van der Waals surface area contributed by atoms with E-state index in [1.54, 1.807) is 30.3 Å². The average Bonchev–Trinajstić information content (AvgIpc) is 2.26. The van der Waals surface area contributed by atoms with E-state index in [4.69, 9.17) is 18.3 Å². The molecule has 0 saturated heterocycles. The topological polar surface area (TPSA) is 28.1 Å². The number of benzene rings is 1. The standard InChI is InChI=1S/C12H6N2/c1-3-10-4-6-11(7-5-10)8-12(9-13)14-2/h1,4-8H/b12-8+. The zero-order chi connectivity index (χ0) is 10.4. The molecule has 0 bridgehead atoms. The normalized spacial score (nSPS) is 9.64. The quantitative estimate of drug-likeness (QED) is 0.369. The molecule has 0 unspecified atom stereocenters. The highest BCUT2D eigenvalue weighted by Crippen LogP contribution is 2.08. The maximum atomic E-state index is 8.52.